The highest BCUT2D eigenvalue weighted by atomic mass is 15.1. The number of hydrogen-bond acceptors (Lipinski definition) is 4. The predicted octanol–water partition coefficient (Wildman–Crippen LogP) is 6.06. The molecule has 34 heavy (non-hydrogen) atoms. The molecule has 2 aromatic heterocycles. The minimum Gasteiger partial charge on any atom is -0.378 e. The molecule has 2 heterocycles. The second-order valence-electron chi connectivity index (χ2n) is 9.64. The fraction of sp³-hybridized carbons (Fsp3) is 0.267. The lowest BCUT2D eigenvalue weighted by Crippen LogP contribution is -2.40. The summed E-state index contributed by atoms with van der Waals surface area (Å²) in [6, 6.07) is 27.0. The van der Waals surface area contributed by atoms with E-state index in [0.717, 1.165) is 0 Å². The van der Waals surface area contributed by atoms with Crippen molar-refractivity contribution in [3.63, 3.8) is 0 Å². The standard InChI is InChI=1S/C30H32N4/c1-33(2)25-9-5-21(6-10-25)27-29(23-13-17-31-18-14-23)28(30(27)24-15-19-32-20-16-24)22-7-11-26(12-8-22)34(3)4/h5-20,27-30H,1-4H3. The largest absolute Gasteiger partial charge is 0.378 e. The summed E-state index contributed by atoms with van der Waals surface area (Å²) < 4.78 is 0. The van der Waals surface area contributed by atoms with Crippen molar-refractivity contribution < 1.29 is 0 Å². The van der Waals surface area contributed by atoms with Gasteiger partial charge in [0, 0.05) is 64.4 Å². The molecule has 0 N–H and O–H groups in total. The van der Waals surface area contributed by atoms with Crippen molar-refractivity contribution in [2.45, 2.75) is 23.7 Å². The first-order valence-corrected chi connectivity index (χ1v) is 11.9. The molecule has 0 aliphatic heterocycles. The summed E-state index contributed by atoms with van der Waals surface area (Å²) in [5, 5.41) is 0. The van der Waals surface area contributed by atoms with Crippen LogP contribution in [0.4, 0.5) is 11.4 Å². The Bertz CT molecular complexity index is 1100. The molecule has 4 heteroatoms. The molecule has 4 aromatic rings. The van der Waals surface area contributed by atoms with Crippen molar-refractivity contribution in [2.75, 3.05) is 38.0 Å². The van der Waals surface area contributed by atoms with Crippen LogP contribution in [0.15, 0.2) is 97.6 Å². The summed E-state index contributed by atoms with van der Waals surface area (Å²) in [7, 11) is 8.35. The molecule has 172 valence electrons. The minimum atomic E-state index is 0.372. The molecule has 0 amide bonds. The van der Waals surface area contributed by atoms with E-state index < -0.39 is 0 Å². The van der Waals surface area contributed by atoms with Crippen molar-refractivity contribution in [1.29, 1.82) is 0 Å². The van der Waals surface area contributed by atoms with Crippen molar-refractivity contribution in [3.8, 4) is 0 Å². The first-order chi connectivity index (χ1) is 16.5. The zero-order chi connectivity index (χ0) is 23.7. The van der Waals surface area contributed by atoms with E-state index in [0.29, 0.717) is 23.7 Å². The number of nitrogens with zero attached hydrogens (tertiary/aromatic N) is 4. The number of hydrogen-bond donors (Lipinski definition) is 0. The van der Waals surface area contributed by atoms with Gasteiger partial charge in [0.05, 0.1) is 0 Å². The number of benzene rings is 2. The molecule has 1 aliphatic carbocycles. The Morgan fingerprint density at radius 1 is 0.412 bits per heavy atom. The molecule has 0 bridgehead atoms. The van der Waals surface area contributed by atoms with Gasteiger partial charge in [-0.1, -0.05) is 24.3 Å². The Labute approximate surface area is 202 Å². The maximum atomic E-state index is 4.30. The number of anilines is 2. The van der Waals surface area contributed by atoms with Gasteiger partial charge < -0.3 is 9.80 Å². The van der Waals surface area contributed by atoms with Crippen molar-refractivity contribution >= 4 is 11.4 Å². The molecule has 1 saturated carbocycles. The molecular formula is C30H32N4. The van der Waals surface area contributed by atoms with Crippen LogP contribution in [0.3, 0.4) is 0 Å². The van der Waals surface area contributed by atoms with E-state index in [-0.39, 0.29) is 0 Å². The smallest absolute Gasteiger partial charge is 0.0361 e. The number of rotatable bonds is 6. The van der Waals surface area contributed by atoms with Crippen molar-refractivity contribution in [1.82, 2.24) is 9.97 Å². The van der Waals surface area contributed by atoms with Crippen LogP contribution in [0.25, 0.3) is 0 Å². The second kappa shape index (κ2) is 9.30. The summed E-state index contributed by atoms with van der Waals surface area (Å²) >= 11 is 0. The number of aromatic nitrogens is 2. The van der Waals surface area contributed by atoms with Gasteiger partial charge >= 0.3 is 0 Å². The van der Waals surface area contributed by atoms with Crippen molar-refractivity contribution in [2.24, 2.45) is 0 Å². The van der Waals surface area contributed by atoms with E-state index in [2.05, 4.69) is 121 Å². The van der Waals surface area contributed by atoms with E-state index in [1.165, 1.54) is 33.6 Å². The van der Waals surface area contributed by atoms with Crippen LogP contribution in [0.5, 0.6) is 0 Å². The maximum absolute atomic E-state index is 4.30. The summed E-state index contributed by atoms with van der Waals surface area (Å²) in [5.74, 6) is 1.49. The van der Waals surface area contributed by atoms with Crippen LogP contribution in [-0.2, 0) is 0 Å². The lowest BCUT2D eigenvalue weighted by Gasteiger charge is -2.53. The highest BCUT2D eigenvalue weighted by molar-refractivity contribution is 5.53. The average Bonchev–Trinajstić information content (AvgIpc) is 2.85. The van der Waals surface area contributed by atoms with Crippen LogP contribution >= 0.6 is 0 Å². The fourth-order valence-electron chi connectivity index (χ4n) is 5.57. The first-order valence-electron chi connectivity index (χ1n) is 11.9. The third-order valence-corrected chi connectivity index (χ3v) is 7.32. The van der Waals surface area contributed by atoms with Crippen LogP contribution < -0.4 is 9.80 Å². The molecule has 1 fully saturated rings. The van der Waals surface area contributed by atoms with Crippen molar-refractivity contribution in [3.05, 3.63) is 120 Å². The second-order valence-corrected chi connectivity index (χ2v) is 9.64. The third kappa shape index (κ3) is 4.05. The molecule has 0 saturated heterocycles. The Morgan fingerprint density at radius 2 is 0.676 bits per heavy atom. The van der Waals surface area contributed by atoms with Crippen LogP contribution in [0.1, 0.15) is 45.9 Å². The van der Waals surface area contributed by atoms with Gasteiger partial charge in [-0.05, 0) is 94.5 Å². The molecule has 0 radical (unpaired) electrons. The maximum Gasteiger partial charge on any atom is 0.0361 e. The third-order valence-electron chi connectivity index (χ3n) is 7.32. The summed E-state index contributed by atoms with van der Waals surface area (Å²) in [6.07, 6.45) is 7.70. The SMILES string of the molecule is CN(C)c1ccc(C2C(c3ccncc3)C(c3ccc(N(C)C)cc3)C2c2ccncc2)cc1. The monoisotopic (exact) mass is 448 g/mol. The van der Waals surface area contributed by atoms with E-state index in [1.54, 1.807) is 0 Å². The van der Waals surface area contributed by atoms with Gasteiger partial charge in [-0.25, -0.2) is 0 Å². The Morgan fingerprint density at radius 3 is 0.941 bits per heavy atom. The highest BCUT2D eigenvalue weighted by Crippen LogP contribution is 2.66. The molecular weight excluding hydrogens is 416 g/mol. The van der Waals surface area contributed by atoms with Crippen LogP contribution in [0, 0.1) is 0 Å². The van der Waals surface area contributed by atoms with Gasteiger partial charge in [0.1, 0.15) is 0 Å². The van der Waals surface area contributed by atoms with Gasteiger partial charge in [-0.3, -0.25) is 9.97 Å². The van der Waals surface area contributed by atoms with Gasteiger partial charge in [0.2, 0.25) is 0 Å². The lowest BCUT2D eigenvalue weighted by atomic mass is 9.49. The molecule has 0 spiro atoms. The van der Waals surface area contributed by atoms with Gasteiger partial charge in [-0.2, -0.15) is 0 Å². The van der Waals surface area contributed by atoms with E-state index in [1.807, 2.05) is 24.8 Å². The first kappa shape index (κ1) is 22.1. The minimum absolute atomic E-state index is 0.372. The zero-order valence-corrected chi connectivity index (χ0v) is 20.3. The summed E-state index contributed by atoms with van der Waals surface area (Å²) in [5.41, 5.74) is 7.91. The van der Waals surface area contributed by atoms with Gasteiger partial charge in [0.25, 0.3) is 0 Å². The Hall–Kier alpha value is -3.66. The lowest BCUT2D eigenvalue weighted by molar-refractivity contribution is 0.228. The predicted molar refractivity (Wildman–Crippen MR) is 141 cm³/mol. The Balaban J connectivity index is 1.63. The van der Waals surface area contributed by atoms with Crippen LogP contribution in [-0.4, -0.2) is 38.2 Å². The Kier molecular flexibility index (Phi) is 6.06. The van der Waals surface area contributed by atoms with Gasteiger partial charge in [0.15, 0.2) is 0 Å². The molecule has 1 aliphatic rings. The normalized spacial score (nSPS) is 21.5. The fourth-order valence-corrected chi connectivity index (χ4v) is 5.57. The molecule has 4 nitrogen and oxygen atoms in total. The van der Waals surface area contributed by atoms with E-state index >= 15 is 0 Å². The van der Waals surface area contributed by atoms with Crippen LogP contribution in [0.2, 0.25) is 0 Å². The molecule has 2 aromatic carbocycles. The summed E-state index contributed by atoms with van der Waals surface area (Å²) in [4.78, 5) is 12.9. The molecule has 5 rings (SSSR count). The molecule has 0 atom stereocenters. The highest BCUT2D eigenvalue weighted by Gasteiger charge is 2.52. The number of pyridine rings is 2. The quantitative estimate of drug-likeness (QED) is 0.359. The summed E-state index contributed by atoms with van der Waals surface area (Å²) in [6.45, 7) is 0. The topological polar surface area (TPSA) is 32.3 Å². The average molecular weight is 449 g/mol. The zero-order valence-electron chi connectivity index (χ0n) is 20.3. The van der Waals surface area contributed by atoms with E-state index in [9.17, 15) is 0 Å². The van der Waals surface area contributed by atoms with E-state index in [4.69, 9.17) is 0 Å². The van der Waals surface area contributed by atoms with Gasteiger partial charge in [-0.15, -0.1) is 0 Å². The molecule has 0 unspecified atom stereocenters.